The third-order valence-corrected chi connectivity index (χ3v) is 10.7. The number of H-pyrrole nitrogens is 1. The summed E-state index contributed by atoms with van der Waals surface area (Å²) < 4.78 is 13.6. The SMILES string of the molecule is CN1C(=O)CC[C@]2(C)C3CC[C@]4(C)[C@@H](Cc5nc6ccc(F)cc6[nH]5)CC[C@H]4C3CC[C@@H]12. The molecule has 0 bridgehead atoms. The Morgan fingerprint density at radius 3 is 2.75 bits per heavy atom. The molecule has 172 valence electrons. The highest BCUT2D eigenvalue weighted by Gasteiger charge is 2.61. The molecule has 4 nitrogen and oxygen atoms in total. The first-order valence-corrected chi connectivity index (χ1v) is 12.7. The molecule has 1 amide bonds. The standard InChI is InChI=1S/C27H36FN3O/c1-26-12-10-20-18(6-9-23-27(20,2)13-11-25(32)31(23)3)19(26)7-4-16(26)14-24-29-21-8-5-17(28)15-22(21)30-24/h5,8,15-16,18-20,23H,4,6-7,9-14H2,1-3H3,(H,29,30)/t16-,18?,19+,20?,23-,26-,27-/m1/s1. The zero-order valence-corrected chi connectivity index (χ0v) is 19.7. The van der Waals surface area contributed by atoms with Crippen molar-refractivity contribution in [2.75, 3.05) is 7.05 Å². The minimum absolute atomic E-state index is 0.210. The lowest BCUT2D eigenvalue weighted by Crippen LogP contribution is -2.61. The number of amides is 1. The summed E-state index contributed by atoms with van der Waals surface area (Å²) in [6, 6.07) is 5.26. The van der Waals surface area contributed by atoms with Crippen LogP contribution >= 0.6 is 0 Å². The zero-order chi connectivity index (χ0) is 22.3. The molecule has 2 heterocycles. The van der Waals surface area contributed by atoms with Crippen LogP contribution in [0.5, 0.6) is 0 Å². The van der Waals surface area contributed by atoms with Gasteiger partial charge in [-0.15, -0.1) is 0 Å². The molecule has 3 aliphatic carbocycles. The monoisotopic (exact) mass is 437 g/mol. The molecule has 1 aromatic carbocycles. The van der Waals surface area contributed by atoms with E-state index in [4.69, 9.17) is 4.98 Å². The number of aromatic nitrogens is 2. The van der Waals surface area contributed by atoms with Gasteiger partial charge >= 0.3 is 0 Å². The van der Waals surface area contributed by atoms with E-state index in [-0.39, 0.29) is 11.2 Å². The Morgan fingerprint density at radius 2 is 1.91 bits per heavy atom. The number of nitrogens with zero attached hydrogens (tertiary/aromatic N) is 2. The maximum atomic E-state index is 13.6. The number of rotatable bonds is 2. The highest BCUT2D eigenvalue weighted by atomic mass is 19.1. The molecule has 6 rings (SSSR count). The van der Waals surface area contributed by atoms with Crippen molar-refractivity contribution in [3.8, 4) is 0 Å². The molecule has 32 heavy (non-hydrogen) atoms. The van der Waals surface area contributed by atoms with Crippen LogP contribution in [0, 0.1) is 40.3 Å². The van der Waals surface area contributed by atoms with Crippen LogP contribution in [-0.2, 0) is 11.2 Å². The fraction of sp³-hybridized carbons (Fsp3) is 0.704. The van der Waals surface area contributed by atoms with Gasteiger partial charge in [0.15, 0.2) is 0 Å². The quantitative estimate of drug-likeness (QED) is 0.653. The smallest absolute Gasteiger partial charge is 0.222 e. The van der Waals surface area contributed by atoms with Crippen LogP contribution in [0.25, 0.3) is 11.0 Å². The van der Waals surface area contributed by atoms with Crippen molar-refractivity contribution in [1.82, 2.24) is 14.9 Å². The molecule has 2 aromatic rings. The fourth-order valence-electron chi connectivity index (χ4n) is 8.96. The van der Waals surface area contributed by atoms with Crippen LogP contribution in [0.3, 0.4) is 0 Å². The van der Waals surface area contributed by atoms with Gasteiger partial charge in [-0.1, -0.05) is 13.8 Å². The molecule has 4 aliphatic rings. The lowest BCUT2D eigenvalue weighted by Gasteiger charge is -2.61. The van der Waals surface area contributed by atoms with Crippen LogP contribution in [0.15, 0.2) is 18.2 Å². The number of hydrogen-bond acceptors (Lipinski definition) is 2. The van der Waals surface area contributed by atoms with Crippen LogP contribution in [0.1, 0.15) is 71.0 Å². The first-order chi connectivity index (χ1) is 15.3. The number of benzene rings is 1. The van der Waals surface area contributed by atoms with Gasteiger partial charge in [0.25, 0.3) is 0 Å². The van der Waals surface area contributed by atoms with E-state index in [1.807, 2.05) is 7.05 Å². The number of hydrogen-bond donors (Lipinski definition) is 1. The average Bonchev–Trinajstić information content (AvgIpc) is 3.31. The second-order valence-corrected chi connectivity index (χ2v) is 11.8. The highest BCUT2D eigenvalue weighted by Crippen LogP contribution is 2.66. The number of fused-ring (bicyclic) bond motifs is 6. The van der Waals surface area contributed by atoms with E-state index in [0.717, 1.165) is 53.9 Å². The number of likely N-dealkylation sites (tertiary alicyclic amines) is 1. The molecule has 5 heteroatoms. The first kappa shape index (κ1) is 20.7. The molecular formula is C27H36FN3O. The van der Waals surface area contributed by atoms with Gasteiger partial charge < -0.3 is 9.88 Å². The Hall–Kier alpha value is -1.91. The van der Waals surface area contributed by atoms with Crippen molar-refractivity contribution in [2.45, 2.75) is 77.7 Å². The van der Waals surface area contributed by atoms with Crippen LogP contribution in [0.4, 0.5) is 4.39 Å². The lowest BCUT2D eigenvalue weighted by atomic mass is 9.46. The maximum absolute atomic E-state index is 13.6. The van der Waals surface area contributed by atoms with Crippen LogP contribution < -0.4 is 0 Å². The number of carbonyl (C=O) groups is 1. The summed E-state index contributed by atoms with van der Waals surface area (Å²) in [7, 11) is 2.04. The van der Waals surface area contributed by atoms with E-state index < -0.39 is 0 Å². The lowest BCUT2D eigenvalue weighted by molar-refractivity contribution is -0.158. The summed E-state index contributed by atoms with van der Waals surface area (Å²) in [5.41, 5.74) is 2.33. The molecule has 3 saturated carbocycles. The van der Waals surface area contributed by atoms with E-state index in [0.29, 0.717) is 23.3 Å². The summed E-state index contributed by atoms with van der Waals surface area (Å²) in [5.74, 6) is 4.13. The van der Waals surface area contributed by atoms with Crippen molar-refractivity contribution in [2.24, 2.45) is 34.5 Å². The number of nitrogens with one attached hydrogen (secondary N) is 1. The van der Waals surface area contributed by atoms with Gasteiger partial charge in [0, 0.05) is 25.9 Å². The topological polar surface area (TPSA) is 49.0 Å². The third kappa shape index (κ3) is 2.85. The summed E-state index contributed by atoms with van der Waals surface area (Å²) >= 11 is 0. The molecule has 0 radical (unpaired) electrons. The van der Waals surface area contributed by atoms with Crippen molar-refractivity contribution in [3.63, 3.8) is 0 Å². The Morgan fingerprint density at radius 1 is 1.09 bits per heavy atom. The molecule has 4 fully saturated rings. The Kier molecular flexibility index (Phi) is 4.55. The molecule has 1 aromatic heterocycles. The third-order valence-electron chi connectivity index (χ3n) is 10.7. The predicted molar refractivity (Wildman–Crippen MR) is 123 cm³/mol. The number of aromatic amines is 1. The van der Waals surface area contributed by atoms with Gasteiger partial charge in [-0.3, -0.25) is 4.79 Å². The summed E-state index contributed by atoms with van der Waals surface area (Å²) in [4.78, 5) is 22.7. The molecule has 1 aliphatic heterocycles. The van der Waals surface area contributed by atoms with E-state index >= 15 is 0 Å². The second-order valence-electron chi connectivity index (χ2n) is 11.8. The van der Waals surface area contributed by atoms with Crippen LogP contribution in [-0.4, -0.2) is 33.9 Å². The Labute approximate surface area is 190 Å². The minimum Gasteiger partial charge on any atom is -0.342 e. The van der Waals surface area contributed by atoms with E-state index in [2.05, 4.69) is 23.7 Å². The van der Waals surface area contributed by atoms with Gasteiger partial charge in [-0.25, -0.2) is 9.37 Å². The molecular weight excluding hydrogens is 401 g/mol. The van der Waals surface area contributed by atoms with Crippen molar-refractivity contribution in [1.29, 1.82) is 0 Å². The molecule has 1 N–H and O–H groups in total. The van der Waals surface area contributed by atoms with Crippen molar-refractivity contribution < 1.29 is 9.18 Å². The normalized spacial score (nSPS) is 41.4. The summed E-state index contributed by atoms with van der Waals surface area (Å²) in [6.07, 6.45) is 10.4. The summed E-state index contributed by atoms with van der Waals surface area (Å²) in [5, 5.41) is 0. The minimum atomic E-state index is -0.210. The van der Waals surface area contributed by atoms with Crippen LogP contribution in [0.2, 0.25) is 0 Å². The first-order valence-electron chi connectivity index (χ1n) is 12.7. The zero-order valence-electron chi connectivity index (χ0n) is 19.7. The fourth-order valence-corrected chi connectivity index (χ4v) is 8.96. The number of halogens is 1. The number of imidazole rings is 1. The van der Waals surface area contributed by atoms with Crippen molar-refractivity contribution >= 4 is 16.9 Å². The number of carbonyl (C=O) groups excluding carboxylic acids is 1. The second kappa shape index (κ2) is 7.04. The Balaban J connectivity index is 1.24. The maximum Gasteiger partial charge on any atom is 0.222 e. The van der Waals surface area contributed by atoms with Gasteiger partial charge in [0.2, 0.25) is 5.91 Å². The van der Waals surface area contributed by atoms with Crippen molar-refractivity contribution in [3.05, 3.63) is 29.8 Å². The van der Waals surface area contributed by atoms with Gasteiger partial charge in [0.05, 0.1) is 11.0 Å². The molecule has 1 saturated heterocycles. The predicted octanol–water partition coefficient (Wildman–Crippen LogP) is 5.72. The van der Waals surface area contributed by atoms with Gasteiger partial charge in [0.1, 0.15) is 11.6 Å². The van der Waals surface area contributed by atoms with E-state index in [1.165, 1.54) is 44.6 Å². The van der Waals surface area contributed by atoms with E-state index in [9.17, 15) is 9.18 Å². The largest absolute Gasteiger partial charge is 0.342 e. The highest BCUT2D eigenvalue weighted by molar-refractivity contribution is 5.77. The summed E-state index contributed by atoms with van der Waals surface area (Å²) in [6.45, 7) is 5.05. The van der Waals surface area contributed by atoms with Gasteiger partial charge in [-0.05, 0) is 97.6 Å². The average molecular weight is 438 g/mol. The molecule has 7 atom stereocenters. The molecule has 2 unspecified atom stereocenters. The van der Waals surface area contributed by atoms with Gasteiger partial charge in [-0.2, -0.15) is 0 Å². The molecule has 0 spiro atoms. The Bertz CT molecular complexity index is 1060. The van der Waals surface area contributed by atoms with E-state index in [1.54, 1.807) is 12.1 Å². The number of piperidine rings is 1.